The van der Waals surface area contributed by atoms with Crippen LogP contribution >= 0.6 is 0 Å². The van der Waals surface area contributed by atoms with Gasteiger partial charge in [-0.3, -0.25) is 14.6 Å². The van der Waals surface area contributed by atoms with Crippen molar-refractivity contribution in [2.24, 2.45) is 5.92 Å². The summed E-state index contributed by atoms with van der Waals surface area (Å²) in [4.78, 5) is 29.2. The highest BCUT2D eigenvalue weighted by atomic mass is 16.5. The van der Waals surface area contributed by atoms with Gasteiger partial charge in [-0.25, -0.2) is 0 Å². The van der Waals surface area contributed by atoms with Gasteiger partial charge in [0.1, 0.15) is 6.10 Å². The summed E-state index contributed by atoms with van der Waals surface area (Å²) in [7, 11) is 0. The topological polar surface area (TPSA) is 80.3 Å². The molecule has 2 N–H and O–H groups in total. The van der Waals surface area contributed by atoms with Gasteiger partial charge >= 0.3 is 0 Å². The summed E-state index contributed by atoms with van der Waals surface area (Å²) in [6.07, 6.45) is 5.44. The first-order chi connectivity index (χ1) is 13.7. The zero-order chi connectivity index (χ0) is 19.3. The zero-order valence-corrected chi connectivity index (χ0v) is 15.5. The predicted octanol–water partition coefficient (Wildman–Crippen LogP) is 2.42. The van der Waals surface area contributed by atoms with E-state index in [4.69, 9.17) is 4.74 Å². The van der Waals surface area contributed by atoms with E-state index in [0.717, 1.165) is 24.1 Å². The molecule has 1 aliphatic heterocycles. The van der Waals surface area contributed by atoms with Crippen LogP contribution in [0, 0.1) is 5.92 Å². The van der Waals surface area contributed by atoms with Crippen molar-refractivity contribution in [2.45, 2.75) is 38.0 Å². The van der Waals surface area contributed by atoms with E-state index in [1.54, 1.807) is 12.3 Å². The molecule has 0 spiro atoms. The van der Waals surface area contributed by atoms with Crippen molar-refractivity contribution in [1.82, 2.24) is 15.6 Å². The van der Waals surface area contributed by atoms with Crippen molar-refractivity contribution in [3.05, 3.63) is 71.7 Å². The Bertz CT molecular complexity index is 867. The van der Waals surface area contributed by atoms with Crippen LogP contribution in [0.25, 0.3) is 6.08 Å². The molecule has 1 aliphatic carbocycles. The van der Waals surface area contributed by atoms with Gasteiger partial charge in [-0.15, -0.1) is 0 Å². The van der Waals surface area contributed by atoms with Crippen LogP contribution in [0.3, 0.4) is 0 Å². The van der Waals surface area contributed by atoms with E-state index in [9.17, 15) is 9.59 Å². The van der Waals surface area contributed by atoms with Crippen LogP contribution < -0.4 is 10.6 Å². The van der Waals surface area contributed by atoms with Crippen LogP contribution in [0.2, 0.25) is 0 Å². The highest BCUT2D eigenvalue weighted by Gasteiger charge is 2.40. The molecule has 2 aliphatic rings. The molecule has 28 heavy (non-hydrogen) atoms. The largest absolute Gasteiger partial charge is 0.483 e. The Morgan fingerprint density at radius 1 is 1.18 bits per heavy atom. The summed E-state index contributed by atoms with van der Waals surface area (Å²) in [6, 6.07) is 15.1. The number of nitrogens with zero attached hydrogens (tertiary/aromatic N) is 1. The standard InChI is InChI=1S/C22H23N3O3/c26-21(24-14-17-8-4-5-11-23-17)16-9-10-19-18(13-16)25-22(27)20(28-19)12-15-6-2-1-3-7-15/h1-8,11-12,16,18-19H,9-10,13-14H2,(H,24,26)(H,25,27)/b20-12-. The number of rotatable bonds is 4. The van der Waals surface area contributed by atoms with Gasteiger partial charge in [0.05, 0.1) is 18.3 Å². The predicted molar refractivity (Wildman–Crippen MR) is 105 cm³/mol. The van der Waals surface area contributed by atoms with E-state index >= 15 is 0 Å². The second-order valence-electron chi connectivity index (χ2n) is 7.20. The molecule has 2 heterocycles. The summed E-state index contributed by atoms with van der Waals surface area (Å²) >= 11 is 0. The van der Waals surface area contributed by atoms with Gasteiger partial charge in [-0.1, -0.05) is 36.4 Å². The lowest BCUT2D eigenvalue weighted by atomic mass is 9.82. The third-order valence-corrected chi connectivity index (χ3v) is 5.24. The lowest BCUT2D eigenvalue weighted by Gasteiger charge is -2.39. The summed E-state index contributed by atoms with van der Waals surface area (Å²) in [5, 5.41) is 5.97. The summed E-state index contributed by atoms with van der Waals surface area (Å²) < 4.78 is 5.97. The molecule has 1 saturated carbocycles. The quantitative estimate of drug-likeness (QED) is 0.802. The molecular weight excluding hydrogens is 354 g/mol. The summed E-state index contributed by atoms with van der Waals surface area (Å²) in [6.45, 7) is 0.414. The van der Waals surface area contributed by atoms with Crippen molar-refractivity contribution in [3.8, 4) is 0 Å². The van der Waals surface area contributed by atoms with Gasteiger partial charge < -0.3 is 15.4 Å². The maximum atomic E-state index is 12.5. The molecule has 1 aromatic heterocycles. The maximum Gasteiger partial charge on any atom is 0.286 e. The van der Waals surface area contributed by atoms with Crippen molar-refractivity contribution in [1.29, 1.82) is 0 Å². The minimum atomic E-state index is -0.223. The van der Waals surface area contributed by atoms with Gasteiger partial charge in [-0.2, -0.15) is 0 Å². The van der Waals surface area contributed by atoms with Crippen LogP contribution in [0.15, 0.2) is 60.5 Å². The van der Waals surface area contributed by atoms with E-state index < -0.39 is 0 Å². The molecule has 2 fully saturated rings. The average Bonchev–Trinajstić information content (AvgIpc) is 2.74. The molecule has 0 bridgehead atoms. The van der Waals surface area contributed by atoms with Crippen LogP contribution in [-0.4, -0.2) is 28.9 Å². The number of hydrogen-bond donors (Lipinski definition) is 2. The summed E-state index contributed by atoms with van der Waals surface area (Å²) in [5.41, 5.74) is 1.75. The minimum Gasteiger partial charge on any atom is -0.483 e. The third-order valence-electron chi connectivity index (χ3n) is 5.24. The molecule has 3 unspecified atom stereocenters. The molecule has 6 heteroatoms. The molecule has 2 amide bonds. The number of morpholine rings is 1. The molecule has 4 rings (SSSR count). The number of carbonyl (C=O) groups is 2. The number of carbonyl (C=O) groups excluding carboxylic acids is 2. The highest BCUT2D eigenvalue weighted by molar-refractivity contribution is 5.96. The monoisotopic (exact) mass is 377 g/mol. The van der Waals surface area contributed by atoms with E-state index in [0.29, 0.717) is 18.7 Å². The van der Waals surface area contributed by atoms with Crippen LogP contribution in [-0.2, 0) is 20.9 Å². The fraction of sp³-hybridized carbons (Fsp3) is 0.318. The second-order valence-corrected chi connectivity index (χ2v) is 7.20. The Morgan fingerprint density at radius 2 is 2.00 bits per heavy atom. The Labute approximate surface area is 164 Å². The van der Waals surface area contributed by atoms with Crippen molar-refractivity contribution < 1.29 is 14.3 Å². The Balaban J connectivity index is 1.35. The minimum absolute atomic E-state index is 0.00368. The first-order valence-electron chi connectivity index (χ1n) is 9.61. The number of nitrogens with one attached hydrogen (secondary N) is 2. The number of fused-ring (bicyclic) bond motifs is 1. The summed E-state index contributed by atoms with van der Waals surface area (Å²) in [5.74, 6) is -0.0114. The SMILES string of the molecule is O=C1NC2CC(C(=O)NCc3ccccn3)CCC2O/C1=C\c1ccccc1. The van der Waals surface area contributed by atoms with E-state index in [2.05, 4.69) is 15.6 Å². The fourth-order valence-corrected chi connectivity index (χ4v) is 3.75. The average molecular weight is 377 g/mol. The normalized spacial score (nSPS) is 25.4. The number of ether oxygens (including phenoxy) is 1. The number of amides is 2. The molecule has 1 aromatic carbocycles. The number of hydrogen-bond acceptors (Lipinski definition) is 4. The number of pyridine rings is 1. The lowest BCUT2D eigenvalue weighted by Crippen LogP contribution is -2.54. The maximum absolute atomic E-state index is 12.5. The first kappa shape index (κ1) is 18.2. The van der Waals surface area contributed by atoms with Crippen LogP contribution in [0.4, 0.5) is 0 Å². The number of aromatic nitrogens is 1. The molecule has 3 atom stereocenters. The van der Waals surface area contributed by atoms with Crippen molar-refractivity contribution in [3.63, 3.8) is 0 Å². The van der Waals surface area contributed by atoms with E-state index in [-0.39, 0.29) is 29.9 Å². The Morgan fingerprint density at radius 3 is 2.79 bits per heavy atom. The fourth-order valence-electron chi connectivity index (χ4n) is 3.75. The smallest absolute Gasteiger partial charge is 0.286 e. The molecule has 0 radical (unpaired) electrons. The highest BCUT2D eigenvalue weighted by Crippen LogP contribution is 2.31. The van der Waals surface area contributed by atoms with E-state index in [1.807, 2.05) is 48.5 Å². The van der Waals surface area contributed by atoms with Gasteiger partial charge in [-0.05, 0) is 43.0 Å². The molecule has 1 saturated heterocycles. The number of benzene rings is 1. The molecule has 144 valence electrons. The zero-order valence-electron chi connectivity index (χ0n) is 15.5. The van der Waals surface area contributed by atoms with Gasteiger partial charge in [0.15, 0.2) is 5.76 Å². The van der Waals surface area contributed by atoms with Gasteiger partial charge in [0.25, 0.3) is 5.91 Å². The van der Waals surface area contributed by atoms with Gasteiger partial charge in [0.2, 0.25) is 5.91 Å². The molecule has 6 nitrogen and oxygen atoms in total. The lowest BCUT2D eigenvalue weighted by molar-refractivity contribution is -0.135. The third kappa shape index (κ3) is 4.22. The second kappa shape index (κ2) is 8.25. The van der Waals surface area contributed by atoms with Crippen molar-refractivity contribution >= 4 is 17.9 Å². The van der Waals surface area contributed by atoms with Crippen LogP contribution in [0.5, 0.6) is 0 Å². The molecular formula is C22H23N3O3. The molecule has 2 aromatic rings. The Hall–Kier alpha value is -3.15. The first-order valence-corrected chi connectivity index (χ1v) is 9.61. The van der Waals surface area contributed by atoms with Crippen LogP contribution in [0.1, 0.15) is 30.5 Å². The van der Waals surface area contributed by atoms with Gasteiger partial charge in [0, 0.05) is 12.1 Å². The van der Waals surface area contributed by atoms with Crippen molar-refractivity contribution in [2.75, 3.05) is 0 Å². The Kier molecular flexibility index (Phi) is 5.37. The van der Waals surface area contributed by atoms with E-state index in [1.165, 1.54) is 0 Å².